The van der Waals surface area contributed by atoms with Crippen molar-refractivity contribution in [1.29, 1.82) is 0 Å². The van der Waals surface area contributed by atoms with Gasteiger partial charge in [-0.05, 0) is 26.4 Å². The summed E-state index contributed by atoms with van der Waals surface area (Å²) in [5, 5.41) is 0. The van der Waals surface area contributed by atoms with E-state index < -0.39 is 0 Å². The van der Waals surface area contributed by atoms with Crippen molar-refractivity contribution in [3.63, 3.8) is 0 Å². The Morgan fingerprint density at radius 3 is 2.25 bits per heavy atom. The molecule has 3 nitrogen and oxygen atoms in total. The molecule has 0 fully saturated rings. The fourth-order valence-electron chi connectivity index (χ4n) is 1.06. The van der Waals surface area contributed by atoms with Crippen molar-refractivity contribution >= 4 is 5.78 Å². The Hall–Kier alpha value is -0.410. The maximum absolute atomic E-state index is 10.8. The van der Waals surface area contributed by atoms with E-state index in [0.717, 1.165) is 26.1 Å². The predicted molar refractivity (Wildman–Crippen MR) is 51.1 cm³/mol. The molecule has 72 valence electrons. The molecule has 0 aromatic heterocycles. The van der Waals surface area contributed by atoms with Crippen molar-refractivity contribution in [3.05, 3.63) is 0 Å². The molecule has 0 bridgehead atoms. The van der Waals surface area contributed by atoms with Crippen molar-refractivity contribution in [2.24, 2.45) is 5.73 Å². The van der Waals surface area contributed by atoms with Crippen LogP contribution in [-0.2, 0) is 4.79 Å². The van der Waals surface area contributed by atoms with Crippen molar-refractivity contribution in [3.8, 4) is 0 Å². The predicted octanol–water partition coefficient (Wildman–Crippen LogP) is 0.635. The first-order chi connectivity index (χ1) is 5.61. The van der Waals surface area contributed by atoms with E-state index >= 15 is 0 Å². The standard InChI is InChI=1S/C9H20N2O/c1-4-11(5-2)7-6-9(10)8(3)12/h9H,4-7,10H2,1-3H3/t9-/m1/s1. The van der Waals surface area contributed by atoms with E-state index in [4.69, 9.17) is 5.73 Å². The average Bonchev–Trinajstić information content (AvgIpc) is 2.05. The Kier molecular flexibility index (Phi) is 5.93. The maximum atomic E-state index is 10.8. The third-order valence-electron chi connectivity index (χ3n) is 2.17. The maximum Gasteiger partial charge on any atom is 0.146 e. The van der Waals surface area contributed by atoms with E-state index in [-0.39, 0.29) is 11.8 Å². The zero-order valence-corrected chi connectivity index (χ0v) is 8.34. The second-order valence-corrected chi connectivity index (χ2v) is 3.03. The van der Waals surface area contributed by atoms with Gasteiger partial charge in [0, 0.05) is 6.54 Å². The molecule has 0 spiro atoms. The van der Waals surface area contributed by atoms with Gasteiger partial charge in [-0.3, -0.25) is 4.79 Å². The van der Waals surface area contributed by atoms with Crippen LogP contribution < -0.4 is 5.73 Å². The second-order valence-electron chi connectivity index (χ2n) is 3.03. The van der Waals surface area contributed by atoms with Gasteiger partial charge in [-0.2, -0.15) is 0 Å². The van der Waals surface area contributed by atoms with Gasteiger partial charge in [0.1, 0.15) is 5.78 Å². The third kappa shape index (κ3) is 4.46. The summed E-state index contributed by atoms with van der Waals surface area (Å²) in [7, 11) is 0. The SMILES string of the molecule is CCN(CC)CC[C@@H](N)C(C)=O. The van der Waals surface area contributed by atoms with Crippen LogP contribution in [0.25, 0.3) is 0 Å². The number of carbonyl (C=O) groups is 1. The molecule has 0 heterocycles. The highest BCUT2D eigenvalue weighted by Crippen LogP contribution is 1.94. The quantitative estimate of drug-likeness (QED) is 0.639. The van der Waals surface area contributed by atoms with Gasteiger partial charge in [-0.1, -0.05) is 13.8 Å². The van der Waals surface area contributed by atoms with Crippen LogP contribution in [-0.4, -0.2) is 36.4 Å². The van der Waals surface area contributed by atoms with Crippen LogP contribution in [0.2, 0.25) is 0 Å². The smallest absolute Gasteiger partial charge is 0.146 e. The minimum Gasteiger partial charge on any atom is -0.321 e. The first-order valence-electron chi connectivity index (χ1n) is 4.60. The largest absolute Gasteiger partial charge is 0.321 e. The molecule has 0 unspecified atom stereocenters. The number of hydrogen-bond acceptors (Lipinski definition) is 3. The van der Waals surface area contributed by atoms with Crippen LogP contribution in [0.4, 0.5) is 0 Å². The van der Waals surface area contributed by atoms with E-state index in [1.807, 2.05) is 0 Å². The molecule has 0 radical (unpaired) electrons. The number of carbonyl (C=O) groups excluding carboxylic acids is 1. The molecule has 0 amide bonds. The minimum absolute atomic E-state index is 0.0853. The van der Waals surface area contributed by atoms with Crippen molar-refractivity contribution in [2.75, 3.05) is 19.6 Å². The number of ketones is 1. The summed E-state index contributed by atoms with van der Waals surface area (Å²) in [6, 6.07) is -0.273. The van der Waals surface area contributed by atoms with Crippen LogP contribution in [0, 0.1) is 0 Å². The lowest BCUT2D eigenvalue weighted by atomic mass is 10.1. The molecule has 12 heavy (non-hydrogen) atoms. The van der Waals surface area contributed by atoms with Crippen molar-refractivity contribution < 1.29 is 4.79 Å². The van der Waals surface area contributed by atoms with Gasteiger partial charge < -0.3 is 10.6 Å². The minimum atomic E-state index is -0.273. The highest BCUT2D eigenvalue weighted by molar-refractivity contribution is 5.81. The molecule has 0 aliphatic heterocycles. The Morgan fingerprint density at radius 1 is 1.42 bits per heavy atom. The molecule has 2 N–H and O–H groups in total. The second kappa shape index (κ2) is 6.14. The summed E-state index contributed by atoms with van der Waals surface area (Å²) in [6.07, 6.45) is 0.775. The van der Waals surface area contributed by atoms with Gasteiger partial charge in [0.15, 0.2) is 0 Å². The number of rotatable bonds is 6. The molecular weight excluding hydrogens is 152 g/mol. The highest BCUT2D eigenvalue weighted by atomic mass is 16.1. The first kappa shape index (κ1) is 11.6. The summed E-state index contributed by atoms with van der Waals surface area (Å²) in [4.78, 5) is 13.1. The topological polar surface area (TPSA) is 46.3 Å². The van der Waals surface area contributed by atoms with Crippen molar-refractivity contribution in [2.45, 2.75) is 33.2 Å². The molecule has 3 heteroatoms. The van der Waals surface area contributed by atoms with Crippen LogP contribution in [0.5, 0.6) is 0 Å². The lowest BCUT2D eigenvalue weighted by Crippen LogP contribution is -2.34. The summed E-state index contributed by atoms with van der Waals surface area (Å²) >= 11 is 0. The molecule has 0 saturated heterocycles. The van der Waals surface area contributed by atoms with Gasteiger partial charge in [0.25, 0.3) is 0 Å². The molecule has 0 aromatic rings. The molecule has 0 aliphatic carbocycles. The number of nitrogens with zero attached hydrogens (tertiary/aromatic N) is 1. The van der Waals surface area contributed by atoms with Gasteiger partial charge in [-0.15, -0.1) is 0 Å². The van der Waals surface area contributed by atoms with E-state index in [9.17, 15) is 4.79 Å². The first-order valence-corrected chi connectivity index (χ1v) is 4.60. The Labute approximate surface area is 74.9 Å². The van der Waals surface area contributed by atoms with Crippen LogP contribution in [0.1, 0.15) is 27.2 Å². The summed E-state index contributed by atoms with van der Waals surface area (Å²) in [6.45, 7) is 8.76. The Morgan fingerprint density at radius 2 is 1.92 bits per heavy atom. The van der Waals surface area contributed by atoms with Gasteiger partial charge in [-0.25, -0.2) is 0 Å². The molecule has 1 atom stereocenters. The monoisotopic (exact) mass is 172 g/mol. The normalized spacial score (nSPS) is 13.4. The van der Waals surface area contributed by atoms with Crippen LogP contribution in [0.15, 0.2) is 0 Å². The molecule has 0 aromatic carbocycles. The fraction of sp³-hybridized carbons (Fsp3) is 0.889. The zero-order valence-electron chi connectivity index (χ0n) is 8.34. The van der Waals surface area contributed by atoms with E-state index in [1.54, 1.807) is 6.92 Å². The summed E-state index contributed by atoms with van der Waals surface area (Å²) < 4.78 is 0. The number of nitrogens with two attached hydrogens (primary N) is 1. The lowest BCUT2D eigenvalue weighted by molar-refractivity contribution is -0.118. The molecular formula is C9H20N2O. The van der Waals surface area contributed by atoms with E-state index in [2.05, 4.69) is 18.7 Å². The fourth-order valence-corrected chi connectivity index (χ4v) is 1.06. The summed E-state index contributed by atoms with van der Waals surface area (Å²) in [5.74, 6) is 0.0853. The molecule has 0 saturated carbocycles. The average molecular weight is 172 g/mol. The number of hydrogen-bond donors (Lipinski definition) is 1. The van der Waals surface area contributed by atoms with Gasteiger partial charge in [0.2, 0.25) is 0 Å². The van der Waals surface area contributed by atoms with Crippen LogP contribution in [0.3, 0.4) is 0 Å². The summed E-state index contributed by atoms with van der Waals surface area (Å²) in [5.41, 5.74) is 5.60. The van der Waals surface area contributed by atoms with E-state index in [0.29, 0.717) is 0 Å². The highest BCUT2D eigenvalue weighted by Gasteiger charge is 2.08. The zero-order chi connectivity index (χ0) is 9.56. The van der Waals surface area contributed by atoms with Crippen molar-refractivity contribution in [1.82, 2.24) is 4.90 Å². The lowest BCUT2D eigenvalue weighted by Gasteiger charge is -2.19. The molecule has 0 aliphatic rings. The third-order valence-corrected chi connectivity index (χ3v) is 2.17. The Bertz CT molecular complexity index is 132. The number of Topliss-reactive ketones (excluding diaryl/α,β-unsaturated/α-hetero) is 1. The van der Waals surface area contributed by atoms with Gasteiger partial charge in [0.05, 0.1) is 6.04 Å². The van der Waals surface area contributed by atoms with Gasteiger partial charge >= 0.3 is 0 Å². The van der Waals surface area contributed by atoms with E-state index in [1.165, 1.54) is 0 Å². The van der Waals surface area contributed by atoms with Crippen LogP contribution >= 0.6 is 0 Å². The molecule has 0 rings (SSSR count). The Balaban J connectivity index is 3.58.